The van der Waals surface area contributed by atoms with Crippen molar-refractivity contribution < 1.29 is 9.53 Å². The number of benzene rings is 1. The van der Waals surface area contributed by atoms with Gasteiger partial charge in [0.1, 0.15) is 11.4 Å². The van der Waals surface area contributed by atoms with Crippen molar-refractivity contribution in [3.05, 3.63) is 30.0 Å². The first-order valence-electron chi connectivity index (χ1n) is 6.13. The first-order chi connectivity index (χ1) is 8.90. The third kappa shape index (κ3) is 3.06. The molecule has 2 rings (SSSR count). The zero-order valence-electron chi connectivity index (χ0n) is 11.4. The summed E-state index contributed by atoms with van der Waals surface area (Å²) in [6, 6.07) is 7.47. The van der Waals surface area contributed by atoms with Gasteiger partial charge >= 0.3 is 0 Å². The van der Waals surface area contributed by atoms with Crippen LogP contribution in [0.1, 0.15) is 24.3 Å². The molecule has 1 heterocycles. The monoisotopic (exact) mass is 261 g/mol. The number of fused-ring (bicyclic) bond motifs is 1. The molecule has 0 fully saturated rings. The zero-order chi connectivity index (χ0) is 14.0. The first-order valence-corrected chi connectivity index (χ1v) is 6.13. The van der Waals surface area contributed by atoms with Crippen molar-refractivity contribution in [1.29, 1.82) is 0 Å². The summed E-state index contributed by atoms with van der Waals surface area (Å²) in [5, 5.41) is 3.74. The average Bonchev–Trinajstić information content (AvgIpc) is 2.78. The molecule has 5 heteroatoms. The number of nitrogens with two attached hydrogens (primary N) is 1. The molecular weight excluding hydrogens is 242 g/mol. The van der Waals surface area contributed by atoms with E-state index in [2.05, 4.69) is 10.3 Å². The van der Waals surface area contributed by atoms with Crippen molar-refractivity contribution in [2.24, 2.45) is 5.73 Å². The molecule has 0 aliphatic carbocycles. The Morgan fingerprint density at radius 1 is 1.47 bits per heavy atom. The third-order valence-corrected chi connectivity index (χ3v) is 2.79. The highest BCUT2D eigenvalue weighted by molar-refractivity contribution is 5.99. The van der Waals surface area contributed by atoms with Crippen LogP contribution in [0, 0.1) is 0 Å². The van der Waals surface area contributed by atoms with Crippen molar-refractivity contribution >= 4 is 16.8 Å². The lowest BCUT2D eigenvalue weighted by Gasteiger charge is -2.18. The molecule has 0 unspecified atom stereocenters. The van der Waals surface area contributed by atoms with Crippen LogP contribution in [0.15, 0.2) is 24.3 Å². The maximum Gasteiger partial charge on any atom is 0.267 e. The Balaban J connectivity index is 2.24. The summed E-state index contributed by atoms with van der Waals surface area (Å²) in [6.45, 7) is 4.14. The van der Waals surface area contributed by atoms with E-state index in [-0.39, 0.29) is 5.91 Å². The van der Waals surface area contributed by atoms with E-state index >= 15 is 0 Å². The number of hydrogen-bond acceptors (Lipinski definition) is 3. The SMILES string of the molecule is COc1cccc2cc(C(=O)NCC(C)(C)N)[nH]c12. The quantitative estimate of drug-likeness (QED) is 0.782. The second kappa shape index (κ2) is 4.93. The molecule has 19 heavy (non-hydrogen) atoms. The van der Waals surface area contributed by atoms with Gasteiger partial charge < -0.3 is 20.8 Å². The molecule has 102 valence electrons. The molecule has 5 nitrogen and oxygen atoms in total. The van der Waals surface area contributed by atoms with E-state index in [1.165, 1.54) is 0 Å². The standard InChI is InChI=1S/C14H19N3O2/c1-14(2,15)8-16-13(18)10-7-9-5-4-6-11(19-3)12(9)17-10/h4-7,17H,8,15H2,1-3H3,(H,16,18). The summed E-state index contributed by atoms with van der Waals surface area (Å²) in [6.07, 6.45) is 0. The molecule has 0 saturated heterocycles. The number of para-hydroxylation sites is 1. The fourth-order valence-corrected chi connectivity index (χ4v) is 1.82. The normalized spacial score (nSPS) is 11.6. The predicted octanol–water partition coefficient (Wildman–Crippen LogP) is 1.64. The van der Waals surface area contributed by atoms with Crippen LogP contribution in [-0.4, -0.2) is 30.1 Å². The van der Waals surface area contributed by atoms with Gasteiger partial charge in [-0.1, -0.05) is 12.1 Å². The molecule has 0 saturated carbocycles. The van der Waals surface area contributed by atoms with E-state index in [0.29, 0.717) is 12.2 Å². The second-order valence-corrected chi connectivity index (χ2v) is 5.28. The maximum atomic E-state index is 12.0. The van der Waals surface area contributed by atoms with Gasteiger partial charge in [-0.3, -0.25) is 4.79 Å². The number of carbonyl (C=O) groups is 1. The number of amides is 1. The highest BCUT2D eigenvalue weighted by Gasteiger charge is 2.15. The van der Waals surface area contributed by atoms with Gasteiger partial charge in [0.25, 0.3) is 5.91 Å². The minimum Gasteiger partial charge on any atom is -0.495 e. The van der Waals surface area contributed by atoms with E-state index in [0.717, 1.165) is 16.7 Å². The minimum atomic E-state index is -0.431. The van der Waals surface area contributed by atoms with E-state index in [1.54, 1.807) is 13.2 Å². The Morgan fingerprint density at radius 2 is 2.21 bits per heavy atom. The van der Waals surface area contributed by atoms with Crippen LogP contribution in [0.25, 0.3) is 10.9 Å². The van der Waals surface area contributed by atoms with Gasteiger partial charge in [-0.25, -0.2) is 0 Å². The fourth-order valence-electron chi connectivity index (χ4n) is 1.82. The van der Waals surface area contributed by atoms with Crippen LogP contribution < -0.4 is 15.8 Å². The highest BCUT2D eigenvalue weighted by atomic mass is 16.5. The Labute approximate surface area is 112 Å². The van der Waals surface area contributed by atoms with Crippen molar-refractivity contribution in [3.8, 4) is 5.75 Å². The Morgan fingerprint density at radius 3 is 2.84 bits per heavy atom. The van der Waals surface area contributed by atoms with Crippen LogP contribution >= 0.6 is 0 Å². The molecule has 0 radical (unpaired) electrons. The summed E-state index contributed by atoms with van der Waals surface area (Å²) >= 11 is 0. The number of carbonyl (C=O) groups excluding carboxylic acids is 1. The van der Waals surface area contributed by atoms with Crippen molar-refractivity contribution in [2.45, 2.75) is 19.4 Å². The number of hydrogen-bond donors (Lipinski definition) is 3. The second-order valence-electron chi connectivity index (χ2n) is 5.28. The Hall–Kier alpha value is -2.01. The lowest BCUT2D eigenvalue weighted by Crippen LogP contribution is -2.45. The van der Waals surface area contributed by atoms with Crippen LogP contribution in [0.3, 0.4) is 0 Å². The molecule has 0 aliphatic heterocycles. The van der Waals surface area contributed by atoms with Crippen molar-refractivity contribution in [1.82, 2.24) is 10.3 Å². The van der Waals surface area contributed by atoms with Gasteiger partial charge in [-0.15, -0.1) is 0 Å². The van der Waals surface area contributed by atoms with Gasteiger partial charge in [0.15, 0.2) is 0 Å². The molecule has 1 amide bonds. The smallest absolute Gasteiger partial charge is 0.267 e. The summed E-state index contributed by atoms with van der Waals surface area (Å²) in [5.41, 5.74) is 6.73. The van der Waals surface area contributed by atoms with Crippen LogP contribution in [0.5, 0.6) is 5.75 Å². The molecule has 0 spiro atoms. The van der Waals surface area contributed by atoms with Crippen molar-refractivity contribution in [3.63, 3.8) is 0 Å². The number of nitrogens with one attached hydrogen (secondary N) is 2. The Bertz CT molecular complexity index is 596. The van der Waals surface area contributed by atoms with E-state index in [4.69, 9.17) is 10.5 Å². The largest absolute Gasteiger partial charge is 0.495 e. The summed E-state index contributed by atoms with van der Waals surface area (Å²) < 4.78 is 5.25. The maximum absolute atomic E-state index is 12.0. The number of ether oxygens (including phenoxy) is 1. The van der Waals surface area contributed by atoms with Gasteiger partial charge in [0.2, 0.25) is 0 Å². The third-order valence-electron chi connectivity index (χ3n) is 2.79. The fraction of sp³-hybridized carbons (Fsp3) is 0.357. The highest BCUT2D eigenvalue weighted by Crippen LogP contribution is 2.25. The lowest BCUT2D eigenvalue weighted by molar-refractivity contribution is 0.0942. The molecule has 0 aliphatic rings. The van der Waals surface area contributed by atoms with Gasteiger partial charge in [-0.05, 0) is 26.0 Å². The number of rotatable bonds is 4. The van der Waals surface area contributed by atoms with Gasteiger partial charge in [0, 0.05) is 17.5 Å². The lowest BCUT2D eigenvalue weighted by atomic mass is 10.1. The average molecular weight is 261 g/mol. The van der Waals surface area contributed by atoms with Gasteiger partial charge in [0.05, 0.1) is 12.6 Å². The van der Waals surface area contributed by atoms with Crippen LogP contribution in [-0.2, 0) is 0 Å². The molecule has 4 N–H and O–H groups in total. The Kier molecular flexibility index (Phi) is 3.48. The van der Waals surface area contributed by atoms with Crippen LogP contribution in [0.2, 0.25) is 0 Å². The van der Waals surface area contributed by atoms with E-state index in [1.807, 2.05) is 32.0 Å². The summed E-state index contributed by atoms with van der Waals surface area (Å²) in [5.74, 6) is 0.549. The molecular formula is C14H19N3O2. The van der Waals surface area contributed by atoms with E-state index < -0.39 is 5.54 Å². The number of H-pyrrole nitrogens is 1. The van der Waals surface area contributed by atoms with E-state index in [9.17, 15) is 4.79 Å². The molecule has 1 aromatic carbocycles. The summed E-state index contributed by atoms with van der Waals surface area (Å²) in [4.78, 5) is 15.1. The first kappa shape index (κ1) is 13.4. The van der Waals surface area contributed by atoms with Crippen molar-refractivity contribution in [2.75, 3.05) is 13.7 Å². The predicted molar refractivity (Wildman–Crippen MR) is 75.5 cm³/mol. The number of aromatic amines is 1. The zero-order valence-corrected chi connectivity index (χ0v) is 11.4. The molecule has 1 aromatic heterocycles. The van der Waals surface area contributed by atoms with Crippen LogP contribution in [0.4, 0.5) is 0 Å². The molecule has 0 atom stereocenters. The number of methoxy groups -OCH3 is 1. The number of aromatic nitrogens is 1. The molecule has 0 bridgehead atoms. The van der Waals surface area contributed by atoms with Gasteiger partial charge in [-0.2, -0.15) is 0 Å². The summed E-state index contributed by atoms with van der Waals surface area (Å²) in [7, 11) is 1.60. The molecule has 2 aromatic rings. The minimum absolute atomic E-state index is 0.170. The topological polar surface area (TPSA) is 80.1 Å².